The van der Waals surface area contributed by atoms with Crippen LogP contribution in [-0.4, -0.2) is 35.6 Å². The van der Waals surface area contributed by atoms with E-state index >= 15 is 0 Å². The second-order valence-corrected chi connectivity index (χ2v) is 4.81. The number of halogens is 1. The first-order valence-electron chi connectivity index (χ1n) is 5.79. The fourth-order valence-electron chi connectivity index (χ4n) is 1.91. The summed E-state index contributed by atoms with van der Waals surface area (Å²) in [7, 11) is 0. The molecule has 0 aliphatic carbocycles. The number of carbonyl (C=O) groups is 2. The number of primary amides is 1. The number of amides is 2. The molecule has 1 aromatic rings. The lowest BCUT2D eigenvalue weighted by Gasteiger charge is -2.12. The molecule has 2 rings (SSSR count). The summed E-state index contributed by atoms with van der Waals surface area (Å²) in [6.45, 7) is 0.382. The predicted octanol–water partition coefficient (Wildman–Crippen LogP) is 0.100. The van der Waals surface area contributed by atoms with Crippen molar-refractivity contribution in [1.82, 2.24) is 5.32 Å². The fourth-order valence-corrected chi connectivity index (χ4v) is 2.08. The highest BCUT2D eigenvalue weighted by atomic mass is 35.5. The van der Waals surface area contributed by atoms with E-state index in [1.807, 2.05) is 0 Å². The Morgan fingerprint density at radius 1 is 1.47 bits per heavy atom. The van der Waals surface area contributed by atoms with Gasteiger partial charge in [0.15, 0.2) is 0 Å². The van der Waals surface area contributed by atoms with E-state index in [4.69, 9.17) is 17.3 Å². The molecular weight excluding hydrogens is 270 g/mol. The summed E-state index contributed by atoms with van der Waals surface area (Å²) >= 11 is 5.94. The highest BCUT2D eigenvalue weighted by Crippen LogP contribution is 2.23. The highest BCUT2D eigenvalue weighted by molar-refractivity contribution is 6.34. The molecule has 0 spiro atoms. The highest BCUT2D eigenvalue weighted by Gasteiger charge is 2.28. The van der Waals surface area contributed by atoms with Crippen LogP contribution in [0.4, 0.5) is 5.69 Å². The minimum absolute atomic E-state index is 0.263. The SMILES string of the molecule is NC(=O)c1ccc(Cl)c(NC(=O)C2CC(O)CN2)c1. The van der Waals surface area contributed by atoms with Crippen molar-refractivity contribution in [2.45, 2.75) is 18.6 Å². The molecule has 102 valence electrons. The number of nitrogens with two attached hydrogens (primary N) is 1. The Labute approximate surface area is 114 Å². The summed E-state index contributed by atoms with van der Waals surface area (Å²) in [5.74, 6) is -0.901. The zero-order valence-electron chi connectivity index (χ0n) is 10.0. The van der Waals surface area contributed by atoms with Crippen LogP contribution in [0, 0.1) is 0 Å². The summed E-state index contributed by atoms with van der Waals surface area (Å²) < 4.78 is 0. The van der Waals surface area contributed by atoms with Crippen LogP contribution in [0.2, 0.25) is 5.02 Å². The van der Waals surface area contributed by atoms with Gasteiger partial charge < -0.3 is 21.5 Å². The molecule has 0 bridgehead atoms. The molecule has 0 radical (unpaired) electrons. The third-order valence-electron chi connectivity index (χ3n) is 2.93. The first kappa shape index (κ1) is 13.8. The van der Waals surface area contributed by atoms with Crippen molar-refractivity contribution < 1.29 is 14.7 Å². The van der Waals surface area contributed by atoms with Crippen molar-refractivity contribution in [2.75, 3.05) is 11.9 Å². The van der Waals surface area contributed by atoms with Gasteiger partial charge in [0.05, 0.1) is 22.9 Å². The zero-order valence-corrected chi connectivity index (χ0v) is 10.8. The van der Waals surface area contributed by atoms with Crippen LogP contribution in [0.25, 0.3) is 0 Å². The molecule has 1 fully saturated rings. The summed E-state index contributed by atoms with van der Waals surface area (Å²) in [5, 5.41) is 15.2. The zero-order chi connectivity index (χ0) is 14.0. The number of benzene rings is 1. The second kappa shape index (κ2) is 5.56. The molecule has 2 amide bonds. The maximum atomic E-state index is 11.9. The van der Waals surface area contributed by atoms with Crippen LogP contribution < -0.4 is 16.4 Å². The Morgan fingerprint density at radius 3 is 2.79 bits per heavy atom. The summed E-state index contributed by atoms with van der Waals surface area (Å²) in [6.07, 6.45) is -0.179. The summed E-state index contributed by atoms with van der Waals surface area (Å²) in [6, 6.07) is 3.93. The van der Waals surface area contributed by atoms with Crippen LogP contribution >= 0.6 is 11.6 Å². The third kappa shape index (κ3) is 3.23. The van der Waals surface area contributed by atoms with Gasteiger partial charge in [0.25, 0.3) is 0 Å². The summed E-state index contributed by atoms with van der Waals surface area (Å²) in [4.78, 5) is 23.0. The molecule has 2 unspecified atom stereocenters. The fraction of sp³-hybridized carbons (Fsp3) is 0.333. The lowest BCUT2D eigenvalue weighted by molar-refractivity contribution is -0.117. The number of hydrogen-bond acceptors (Lipinski definition) is 4. The molecule has 7 heteroatoms. The van der Waals surface area contributed by atoms with E-state index < -0.39 is 18.1 Å². The van der Waals surface area contributed by atoms with Crippen molar-refractivity contribution in [2.24, 2.45) is 5.73 Å². The van der Waals surface area contributed by atoms with Crippen molar-refractivity contribution in [3.63, 3.8) is 0 Å². The molecule has 0 saturated carbocycles. The van der Waals surface area contributed by atoms with Crippen LogP contribution in [0.1, 0.15) is 16.8 Å². The Kier molecular flexibility index (Phi) is 4.04. The van der Waals surface area contributed by atoms with E-state index in [9.17, 15) is 14.7 Å². The maximum absolute atomic E-state index is 11.9. The van der Waals surface area contributed by atoms with E-state index in [1.54, 1.807) is 0 Å². The van der Waals surface area contributed by atoms with Crippen molar-refractivity contribution in [3.8, 4) is 0 Å². The Morgan fingerprint density at radius 2 is 2.21 bits per heavy atom. The smallest absolute Gasteiger partial charge is 0.248 e. The number of aliphatic hydroxyl groups excluding tert-OH is 1. The quantitative estimate of drug-likeness (QED) is 0.631. The van der Waals surface area contributed by atoms with Gasteiger partial charge >= 0.3 is 0 Å². The molecule has 1 heterocycles. The standard InChI is InChI=1S/C12H14ClN3O3/c13-8-2-1-6(11(14)18)3-9(8)16-12(19)10-4-7(17)5-15-10/h1-3,7,10,15,17H,4-5H2,(H2,14,18)(H,16,19). The largest absolute Gasteiger partial charge is 0.392 e. The van der Waals surface area contributed by atoms with Gasteiger partial charge in [-0.05, 0) is 24.6 Å². The van der Waals surface area contributed by atoms with Crippen LogP contribution in [0.15, 0.2) is 18.2 Å². The average Bonchev–Trinajstić information content (AvgIpc) is 2.78. The molecule has 1 aliphatic rings. The number of anilines is 1. The number of β-amino-alcohol motifs (C(OH)–C–C–N with tert-alkyl or cyclic N) is 1. The van der Waals surface area contributed by atoms with Gasteiger partial charge in [-0.25, -0.2) is 0 Å². The van der Waals surface area contributed by atoms with Gasteiger partial charge in [-0.15, -0.1) is 0 Å². The van der Waals surface area contributed by atoms with Gasteiger partial charge in [0.2, 0.25) is 11.8 Å². The molecule has 1 aliphatic heterocycles. The van der Waals surface area contributed by atoms with E-state index in [0.29, 0.717) is 23.7 Å². The number of rotatable bonds is 3. The van der Waals surface area contributed by atoms with Crippen LogP contribution in [0.5, 0.6) is 0 Å². The molecule has 6 nitrogen and oxygen atoms in total. The molecular formula is C12H14ClN3O3. The van der Waals surface area contributed by atoms with Gasteiger partial charge in [0.1, 0.15) is 0 Å². The van der Waals surface area contributed by atoms with Crippen LogP contribution in [0.3, 0.4) is 0 Å². The van der Waals surface area contributed by atoms with Gasteiger partial charge in [0, 0.05) is 12.1 Å². The lowest BCUT2D eigenvalue weighted by Crippen LogP contribution is -2.35. The normalized spacial score (nSPS) is 22.2. The monoisotopic (exact) mass is 283 g/mol. The molecule has 0 aromatic heterocycles. The molecule has 2 atom stereocenters. The first-order chi connectivity index (χ1) is 8.97. The van der Waals surface area contributed by atoms with Crippen molar-refractivity contribution >= 4 is 29.1 Å². The Hall–Kier alpha value is -1.63. The minimum atomic E-state index is -0.596. The predicted molar refractivity (Wildman–Crippen MR) is 71.0 cm³/mol. The topological polar surface area (TPSA) is 104 Å². The molecule has 1 aromatic carbocycles. The van der Waals surface area contributed by atoms with E-state index in [1.165, 1.54) is 18.2 Å². The number of nitrogens with one attached hydrogen (secondary N) is 2. The number of carbonyl (C=O) groups excluding carboxylic acids is 2. The Bertz CT molecular complexity index is 521. The average molecular weight is 284 g/mol. The van der Waals surface area contributed by atoms with Crippen LogP contribution in [-0.2, 0) is 4.79 Å². The lowest BCUT2D eigenvalue weighted by atomic mass is 10.1. The second-order valence-electron chi connectivity index (χ2n) is 4.40. The number of hydrogen-bond donors (Lipinski definition) is 4. The van der Waals surface area contributed by atoms with Crippen molar-refractivity contribution in [3.05, 3.63) is 28.8 Å². The third-order valence-corrected chi connectivity index (χ3v) is 3.26. The van der Waals surface area contributed by atoms with E-state index in [0.717, 1.165) is 0 Å². The molecule has 5 N–H and O–H groups in total. The van der Waals surface area contributed by atoms with E-state index in [2.05, 4.69) is 10.6 Å². The molecule has 19 heavy (non-hydrogen) atoms. The molecule has 1 saturated heterocycles. The summed E-state index contributed by atoms with van der Waals surface area (Å²) in [5.41, 5.74) is 5.75. The van der Waals surface area contributed by atoms with E-state index in [-0.39, 0.29) is 11.5 Å². The van der Waals surface area contributed by atoms with Gasteiger partial charge in [-0.3, -0.25) is 9.59 Å². The minimum Gasteiger partial charge on any atom is -0.392 e. The first-order valence-corrected chi connectivity index (χ1v) is 6.17. The van der Waals surface area contributed by atoms with Crippen molar-refractivity contribution in [1.29, 1.82) is 0 Å². The van der Waals surface area contributed by atoms with Gasteiger partial charge in [-0.1, -0.05) is 11.6 Å². The van der Waals surface area contributed by atoms with Gasteiger partial charge in [-0.2, -0.15) is 0 Å². The maximum Gasteiger partial charge on any atom is 0.248 e. The Balaban J connectivity index is 2.12. The number of aliphatic hydroxyl groups is 1.